The predicted molar refractivity (Wildman–Crippen MR) is 70.2 cm³/mol. The molecule has 1 N–H and O–H groups in total. The van der Waals surface area contributed by atoms with E-state index >= 15 is 0 Å². The number of oxime groups is 1. The number of rotatable bonds is 3. The topological polar surface area (TPSA) is 62.1 Å². The van der Waals surface area contributed by atoms with Crippen LogP contribution in [0.25, 0.3) is 0 Å². The Labute approximate surface area is 124 Å². The van der Waals surface area contributed by atoms with Crippen molar-refractivity contribution >= 4 is 11.7 Å². The highest BCUT2D eigenvalue weighted by atomic mass is 19.4. The van der Waals surface area contributed by atoms with Gasteiger partial charge in [0.25, 0.3) is 0 Å². The molecule has 1 saturated heterocycles. The van der Waals surface area contributed by atoms with E-state index in [1.807, 2.05) is 4.90 Å². The van der Waals surface area contributed by atoms with Crippen molar-refractivity contribution in [1.82, 2.24) is 4.90 Å². The smallest absolute Gasteiger partial charge is 0.416 e. The standard InChI is InChI=1S/C14H13F3N2O3/c15-14(16,17)9-3-1-2-8(4-9)5-19-6-10-11(7-19)22-18-12(10)13(20)21/h1-4,10-11H,5-7H2,(H,20,21). The van der Waals surface area contributed by atoms with E-state index in [9.17, 15) is 18.0 Å². The maximum Gasteiger partial charge on any atom is 0.416 e. The molecule has 2 heterocycles. The molecule has 8 heteroatoms. The number of hydrogen-bond acceptors (Lipinski definition) is 4. The molecule has 0 saturated carbocycles. The maximum atomic E-state index is 12.7. The van der Waals surface area contributed by atoms with Gasteiger partial charge in [0.15, 0.2) is 5.71 Å². The van der Waals surface area contributed by atoms with Gasteiger partial charge in [0.2, 0.25) is 0 Å². The summed E-state index contributed by atoms with van der Waals surface area (Å²) in [5.41, 5.74) is -0.173. The highest BCUT2D eigenvalue weighted by Crippen LogP contribution is 2.31. The number of fused-ring (bicyclic) bond motifs is 1. The molecule has 0 spiro atoms. The van der Waals surface area contributed by atoms with Gasteiger partial charge >= 0.3 is 12.1 Å². The summed E-state index contributed by atoms with van der Waals surface area (Å²) in [6.07, 6.45) is -4.71. The molecule has 3 rings (SSSR count). The van der Waals surface area contributed by atoms with E-state index in [0.717, 1.165) is 12.1 Å². The molecular formula is C14H13F3N2O3. The van der Waals surface area contributed by atoms with Crippen LogP contribution in [0.4, 0.5) is 13.2 Å². The lowest BCUT2D eigenvalue weighted by Crippen LogP contribution is -2.27. The van der Waals surface area contributed by atoms with Gasteiger partial charge in [-0.05, 0) is 11.6 Å². The minimum Gasteiger partial charge on any atom is -0.477 e. The summed E-state index contributed by atoms with van der Waals surface area (Å²) in [5, 5.41) is 12.6. The number of aliphatic carboxylic acids is 1. The lowest BCUT2D eigenvalue weighted by Gasteiger charge is -2.17. The minimum atomic E-state index is -4.37. The van der Waals surface area contributed by atoms with Crippen LogP contribution in [0.5, 0.6) is 0 Å². The molecule has 0 aliphatic carbocycles. The number of carbonyl (C=O) groups is 1. The highest BCUT2D eigenvalue weighted by Gasteiger charge is 2.44. The van der Waals surface area contributed by atoms with E-state index in [-0.39, 0.29) is 17.7 Å². The fourth-order valence-electron chi connectivity index (χ4n) is 2.84. The minimum absolute atomic E-state index is 0.0171. The largest absolute Gasteiger partial charge is 0.477 e. The molecule has 0 bridgehead atoms. The second-order valence-electron chi connectivity index (χ2n) is 5.42. The van der Waals surface area contributed by atoms with Crippen LogP contribution >= 0.6 is 0 Å². The average Bonchev–Trinajstić information content (AvgIpc) is 2.97. The van der Waals surface area contributed by atoms with Crippen molar-refractivity contribution in [2.75, 3.05) is 13.1 Å². The van der Waals surface area contributed by atoms with Crippen molar-refractivity contribution in [2.45, 2.75) is 18.8 Å². The molecule has 22 heavy (non-hydrogen) atoms. The zero-order valence-corrected chi connectivity index (χ0v) is 11.4. The van der Waals surface area contributed by atoms with Crippen LogP contribution in [0, 0.1) is 5.92 Å². The SMILES string of the molecule is O=C(O)C1=NOC2CN(Cc3cccc(C(F)(F)F)c3)CC12. The Morgan fingerprint density at radius 1 is 1.41 bits per heavy atom. The Balaban J connectivity index is 1.69. The van der Waals surface area contributed by atoms with Gasteiger partial charge in [0.05, 0.1) is 11.5 Å². The number of benzene rings is 1. The number of carboxylic acids is 1. The summed E-state index contributed by atoms with van der Waals surface area (Å²) < 4.78 is 38.1. The highest BCUT2D eigenvalue weighted by molar-refractivity contribution is 6.36. The van der Waals surface area contributed by atoms with Crippen LogP contribution < -0.4 is 0 Å². The van der Waals surface area contributed by atoms with Crippen LogP contribution in [-0.4, -0.2) is 40.9 Å². The first-order valence-corrected chi connectivity index (χ1v) is 6.70. The Morgan fingerprint density at radius 3 is 2.86 bits per heavy atom. The van der Waals surface area contributed by atoms with Gasteiger partial charge in [-0.25, -0.2) is 4.79 Å². The third-order valence-corrected chi connectivity index (χ3v) is 3.86. The zero-order valence-electron chi connectivity index (χ0n) is 11.4. The fourth-order valence-corrected chi connectivity index (χ4v) is 2.84. The fraction of sp³-hybridized carbons (Fsp3) is 0.429. The lowest BCUT2D eigenvalue weighted by molar-refractivity contribution is -0.137. The molecule has 5 nitrogen and oxygen atoms in total. The number of alkyl halides is 3. The van der Waals surface area contributed by atoms with E-state index in [2.05, 4.69) is 5.16 Å². The van der Waals surface area contributed by atoms with Gasteiger partial charge in [-0.15, -0.1) is 0 Å². The Kier molecular flexibility index (Phi) is 3.56. The van der Waals surface area contributed by atoms with Gasteiger partial charge in [-0.2, -0.15) is 13.2 Å². The summed E-state index contributed by atoms with van der Waals surface area (Å²) in [7, 11) is 0. The van der Waals surface area contributed by atoms with Crippen molar-refractivity contribution in [3.05, 3.63) is 35.4 Å². The monoisotopic (exact) mass is 314 g/mol. The summed E-state index contributed by atoms with van der Waals surface area (Å²) in [6, 6.07) is 5.13. The number of halogens is 3. The average molecular weight is 314 g/mol. The van der Waals surface area contributed by atoms with Crippen LogP contribution in [0.15, 0.2) is 29.4 Å². The van der Waals surface area contributed by atoms with Gasteiger partial charge in [0.1, 0.15) is 6.10 Å². The van der Waals surface area contributed by atoms with Crippen LogP contribution in [-0.2, 0) is 22.4 Å². The Hall–Kier alpha value is -2.09. The van der Waals surface area contributed by atoms with E-state index < -0.39 is 17.7 Å². The Morgan fingerprint density at radius 2 is 2.18 bits per heavy atom. The number of likely N-dealkylation sites (tertiary alicyclic amines) is 1. The molecule has 1 aromatic rings. The van der Waals surface area contributed by atoms with Gasteiger partial charge < -0.3 is 9.94 Å². The van der Waals surface area contributed by atoms with Crippen molar-refractivity contribution in [3.8, 4) is 0 Å². The molecule has 2 aliphatic rings. The third-order valence-electron chi connectivity index (χ3n) is 3.86. The van der Waals surface area contributed by atoms with Crippen LogP contribution in [0.1, 0.15) is 11.1 Å². The molecule has 0 aromatic heterocycles. The van der Waals surface area contributed by atoms with Crippen LogP contribution in [0.2, 0.25) is 0 Å². The third kappa shape index (κ3) is 2.78. The van der Waals surface area contributed by atoms with E-state index in [1.54, 1.807) is 6.07 Å². The van der Waals surface area contributed by atoms with Gasteiger partial charge in [-0.3, -0.25) is 4.90 Å². The molecule has 2 aliphatic heterocycles. The molecule has 118 valence electrons. The van der Waals surface area contributed by atoms with Crippen LogP contribution in [0.3, 0.4) is 0 Å². The number of carboxylic acid groups (broad SMARTS) is 1. The quantitative estimate of drug-likeness (QED) is 0.926. The maximum absolute atomic E-state index is 12.7. The van der Waals surface area contributed by atoms with Crippen molar-refractivity contribution in [3.63, 3.8) is 0 Å². The van der Waals surface area contributed by atoms with E-state index in [1.165, 1.54) is 6.07 Å². The second kappa shape index (κ2) is 5.28. The second-order valence-corrected chi connectivity index (χ2v) is 5.42. The molecule has 0 amide bonds. The first kappa shape index (κ1) is 14.8. The summed E-state index contributed by atoms with van der Waals surface area (Å²) in [4.78, 5) is 18.0. The van der Waals surface area contributed by atoms with Crippen molar-refractivity contribution < 1.29 is 27.9 Å². The lowest BCUT2D eigenvalue weighted by atomic mass is 10.0. The summed E-state index contributed by atoms with van der Waals surface area (Å²) in [5.74, 6) is -1.45. The molecule has 1 fully saturated rings. The predicted octanol–water partition coefficient (Wildman–Crippen LogP) is 1.98. The van der Waals surface area contributed by atoms with Gasteiger partial charge in [0, 0.05) is 19.6 Å². The summed E-state index contributed by atoms with van der Waals surface area (Å²) in [6.45, 7) is 1.17. The summed E-state index contributed by atoms with van der Waals surface area (Å²) >= 11 is 0. The molecule has 0 radical (unpaired) electrons. The first-order chi connectivity index (χ1) is 10.3. The molecule has 2 unspecified atom stereocenters. The first-order valence-electron chi connectivity index (χ1n) is 6.70. The molecule has 2 atom stereocenters. The molecule has 1 aromatic carbocycles. The van der Waals surface area contributed by atoms with E-state index in [4.69, 9.17) is 9.94 Å². The van der Waals surface area contributed by atoms with Crippen molar-refractivity contribution in [2.24, 2.45) is 11.1 Å². The van der Waals surface area contributed by atoms with E-state index in [0.29, 0.717) is 25.2 Å². The van der Waals surface area contributed by atoms with Crippen molar-refractivity contribution in [1.29, 1.82) is 0 Å². The number of nitrogens with zero attached hydrogens (tertiary/aromatic N) is 2. The number of hydrogen-bond donors (Lipinski definition) is 1. The molecular weight excluding hydrogens is 301 g/mol. The van der Waals surface area contributed by atoms with Gasteiger partial charge in [-0.1, -0.05) is 23.4 Å². The zero-order chi connectivity index (χ0) is 15.9. The Bertz CT molecular complexity index is 630. The normalized spacial score (nSPS) is 24.8.